The predicted molar refractivity (Wildman–Crippen MR) is 81.2 cm³/mol. The number of amides is 2. The van der Waals surface area contributed by atoms with E-state index in [2.05, 4.69) is 6.07 Å². The highest BCUT2D eigenvalue weighted by molar-refractivity contribution is 5.92. The van der Waals surface area contributed by atoms with E-state index < -0.39 is 0 Å². The summed E-state index contributed by atoms with van der Waals surface area (Å²) < 4.78 is 5.22. The van der Waals surface area contributed by atoms with Gasteiger partial charge < -0.3 is 14.5 Å². The number of ether oxygens (including phenoxy) is 1. The zero-order valence-corrected chi connectivity index (χ0v) is 12.6. The summed E-state index contributed by atoms with van der Waals surface area (Å²) in [6, 6.07) is 8.88. The Kier molecular flexibility index (Phi) is 5.50. The maximum Gasteiger partial charge on any atom is 0.224 e. The molecule has 0 aliphatic carbocycles. The number of hydrogen-bond acceptors (Lipinski definition) is 4. The molecule has 1 aromatic carbocycles. The molecular weight excluding hydrogens is 282 g/mol. The molecule has 0 spiro atoms. The molecular formula is C16H19N3O3. The topological polar surface area (TPSA) is 73.6 Å². The first-order valence-electron chi connectivity index (χ1n) is 7.25. The van der Waals surface area contributed by atoms with Crippen molar-refractivity contribution in [3.63, 3.8) is 0 Å². The van der Waals surface area contributed by atoms with Gasteiger partial charge in [0.2, 0.25) is 11.8 Å². The third-order valence-corrected chi connectivity index (χ3v) is 3.58. The van der Waals surface area contributed by atoms with Crippen LogP contribution in [0.15, 0.2) is 24.3 Å². The minimum atomic E-state index is -0.148. The van der Waals surface area contributed by atoms with Gasteiger partial charge in [0.05, 0.1) is 24.8 Å². The summed E-state index contributed by atoms with van der Waals surface area (Å²) >= 11 is 0. The van der Waals surface area contributed by atoms with Gasteiger partial charge in [-0.2, -0.15) is 5.26 Å². The lowest BCUT2D eigenvalue weighted by atomic mass is 10.2. The molecule has 1 aliphatic rings. The summed E-state index contributed by atoms with van der Waals surface area (Å²) in [4.78, 5) is 27.3. The SMILES string of the molecule is CC(=O)N(CCC(=O)N1CCOCC1)c1cccc(C#N)c1. The van der Waals surface area contributed by atoms with Crippen LogP contribution in [0, 0.1) is 11.3 Å². The van der Waals surface area contributed by atoms with Gasteiger partial charge in [-0.05, 0) is 18.2 Å². The quantitative estimate of drug-likeness (QED) is 0.836. The molecule has 2 rings (SSSR count). The minimum Gasteiger partial charge on any atom is -0.378 e. The van der Waals surface area contributed by atoms with E-state index in [1.54, 1.807) is 29.2 Å². The van der Waals surface area contributed by atoms with Crippen molar-refractivity contribution in [1.82, 2.24) is 4.90 Å². The Morgan fingerprint density at radius 3 is 2.73 bits per heavy atom. The Balaban J connectivity index is 2.01. The molecule has 1 saturated heterocycles. The molecule has 0 unspecified atom stereocenters. The number of morpholine rings is 1. The zero-order chi connectivity index (χ0) is 15.9. The zero-order valence-electron chi connectivity index (χ0n) is 12.6. The molecule has 1 fully saturated rings. The van der Waals surface area contributed by atoms with E-state index in [1.807, 2.05) is 0 Å². The van der Waals surface area contributed by atoms with Gasteiger partial charge in [-0.25, -0.2) is 0 Å². The minimum absolute atomic E-state index is 0.0194. The van der Waals surface area contributed by atoms with Crippen LogP contribution in [0.3, 0.4) is 0 Å². The molecule has 0 bridgehead atoms. The fourth-order valence-electron chi connectivity index (χ4n) is 2.39. The monoisotopic (exact) mass is 301 g/mol. The Hall–Kier alpha value is -2.39. The summed E-state index contributed by atoms with van der Waals surface area (Å²) in [7, 11) is 0. The fourth-order valence-corrected chi connectivity index (χ4v) is 2.39. The Labute approximate surface area is 129 Å². The molecule has 1 aromatic rings. The Bertz CT molecular complexity index is 589. The van der Waals surface area contributed by atoms with Gasteiger partial charge in [0, 0.05) is 38.7 Å². The second-order valence-corrected chi connectivity index (χ2v) is 5.08. The van der Waals surface area contributed by atoms with Gasteiger partial charge in [0.25, 0.3) is 0 Å². The van der Waals surface area contributed by atoms with E-state index >= 15 is 0 Å². The molecule has 6 nitrogen and oxygen atoms in total. The van der Waals surface area contributed by atoms with Crippen molar-refractivity contribution in [3.8, 4) is 6.07 Å². The molecule has 0 saturated carbocycles. The second-order valence-electron chi connectivity index (χ2n) is 5.08. The third-order valence-electron chi connectivity index (χ3n) is 3.58. The van der Waals surface area contributed by atoms with Crippen molar-refractivity contribution in [2.45, 2.75) is 13.3 Å². The largest absolute Gasteiger partial charge is 0.378 e. The van der Waals surface area contributed by atoms with Crippen LogP contribution in [-0.4, -0.2) is 49.6 Å². The van der Waals surface area contributed by atoms with Crippen LogP contribution in [-0.2, 0) is 14.3 Å². The fraction of sp³-hybridized carbons (Fsp3) is 0.438. The molecule has 6 heteroatoms. The van der Waals surface area contributed by atoms with Crippen molar-refractivity contribution in [2.24, 2.45) is 0 Å². The highest BCUT2D eigenvalue weighted by Crippen LogP contribution is 2.17. The van der Waals surface area contributed by atoms with Crippen molar-refractivity contribution < 1.29 is 14.3 Å². The van der Waals surface area contributed by atoms with Crippen LogP contribution in [0.2, 0.25) is 0 Å². The standard InChI is InChI=1S/C16H19N3O3/c1-13(20)19(15-4-2-3-14(11-15)12-17)6-5-16(21)18-7-9-22-10-8-18/h2-4,11H,5-10H2,1H3. The van der Waals surface area contributed by atoms with Crippen LogP contribution in [0.25, 0.3) is 0 Å². The summed E-state index contributed by atoms with van der Waals surface area (Å²) in [6.45, 7) is 4.09. The summed E-state index contributed by atoms with van der Waals surface area (Å²) in [5.74, 6) is -0.129. The first kappa shape index (κ1) is 16.0. The molecule has 1 aliphatic heterocycles. The molecule has 2 amide bonds. The molecule has 0 atom stereocenters. The van der Waals surface area contributed by atoms with Crippen molar-refractivity contribution >= 4 is 17.5 Å². The molecule has 1 heterocycles. The van der Waals surface area contributed by atoms with Crippen molar-refractivity contribution in [2.75, 3.05) is 37.7 Å². The first-order chi connectivity index (χ1) is 10.6. The summed E-state index contributed by atoms with van der Waals surface area (Å²) in [6.07, 6.45) is 0.260. The van der Waals surface area contributed by atoms with Gasteiger partial charge in [-0.15, -0.1) is 0 Å². The highest BCUT2D eigenvalue weighted by atomic mass is 16.5. The average Bonchev–Trinajstić information content (AvgIpc) is 2.55. The number of benzene rings is 1. The van der Waals surface area contributed by atoms with E-state index in [0.717, 1.165) is 0 Å². The number of hydrogen-bond donors (Lipinski definition) is 0. The van der Waals surface area contributed by atoms with Gasteiger partial charge in [-0.1, -0.05) is 6.07 Å². The molecule has 0 radical (unpaired) electrons. The Morgan fingerprint density at radius 1 is 1.36 bits per heavy atom. The predicted octanol–water partition coefficient (Wildman–Crippen LogP) is 1.16. The van der Waals surface area contributed by atoms with E-state index in [-0.39, 0.29) is 18.2 Å². The number of nitrogens with zero attached hydrogens (tertiary/aromatic N) is 3. The van der Waals surface area contributed by atoms with Gasteiger partial charge in [0.15, 0.2) is 0 Å². The average molecular weight is 301 g/mol. The van der Waals surface area contributed by atoms with E-state index in [1.165, 1.54) is 11.8 Å². The smallest absolute Gasteiger partial charge is 0.224 e. The molecule has 116 valence electrons. The maximum absolute atomic E-state index is 12.2. The van der Waals surface area contributed by atoms with Crippen LogP contribution in [0.4, 0.5) is 5.69 Å². The number of nitriles is 1. The number of rotatable bonds is 4. The van der Waals surface area contributed by atoms with Crippen molar-refractivity contribution in [3.05, 3.63) is 29.8 Å². The molecule has 22 heavy (non-hydrogen) atoms. The maximum atomic E-state index is 12.2. The van der Waals surface area contributed by atoms with Gasteiger partial charge in [-0.3, -0.25) is 9.59 Å². The van der Waals surface area contributed by atoms with Crippen LogP contribution in [0.5, 0.6) is 0 Å². The summed E-state index contributed by atoms with van der Waals surface area (Å²) in [5.41, 5.74) is 1.13. The lowest BCUT2D eigenvalue weighted by Gasteiger charge is -2.28. The van der Waals surface area contributed by atoms with Crippen molar-refractivity contribution in [1.29, 1.82) is 5.26 Å². The lowest BCUT2D eigenvalue weighted by Crippen LogP contribution is -2.42. The third kappa shape index (κ3) is 4.06. The van der Waals surface area contributed by atoms with Gasteiger partial charge in [0.1, 0.15) is 0 Å². The highest BCUT2D eigenvalue weighted by Gasteiger charge is 2.19. The van der Waals surface area contributed by atoms with E-state index in [9.17, 15) is 9.59 Å². The normalized spacial score (nSPS) is 14.3. The number of carbonyl (C=O) groups excluding carboxylic acids is 2. The number of anilines is 1. The molecule has 0 N–H and O–H groups in total. The summed E-state index contributed by atoms with van der Waals surface area (Å²) in [5, 5.41) is 8.94. The lowest BCUT2D eigenvalue weighted by molar-refractivity contribution is -0.135. The van der Waals surface area contributed by atoms with E-state index in [4.69, 9.17) is 10.00 Å². The second kappa shape index (κ2) is 7.57. The van der Waals surface area contributed by atoms with Gasteiger partial charge >= 0.3 is 0 Å². The van der Waals surface area contributed by atoms with Crippen LogP contribution < -0.4 is 4.90 Å². The first-order valence-corrected chi connectivity index (χ1v) is 7.25. The van der Waals surface area contributed by atoms with Crippen LogP contribution in [0.1, 0.15) is 18.9 Å². The number of carbonyl (C=O) groups is 2. The molecule has 0 aromatic heterocycles. The van der Waals surface area contributed by atoms with E-state index in [0.29, 0.717) is 44.1 Å². The Morgan fingerprint density at radius 2 is 2.09 bits per heavy atom. The van der Waals surface area contributed by atoms with Crippen LogP contribution >= 0.6 is 0 Å².